The largest absolute Gasteiger partial charge is 0.378 e. The Kier molecular flexibility index (Phi) is 4.73. The Bertz CT molecular complexity index is 187. The van der Waals surface area contributed by atoms with Gasteiger partial charge in [0.15, 0.2) is 0 Å². The molecule has 3 heteroatoms. The normalized spacial score (nSPS) is 7.82. The molecule has 0 saturated heterocycles. The molecule has 11 heavy (non-hydrogen) atoms. The van der Waals surface area contributed by atoms with Crippen LogP contribution in [0.25, 0.3) is 0 Å². The Morgan fingerprint density at radius 1 is 1.09 bits per heavy atom. The highest BCUT2D eigenvalue weighted by Gasteiger charge is 1.87. The van der Waals surface area contributed by atoms with Crippen LogP contribution in [0.3, 0.4) is 0 Å². The van der Waals surface area contributed by atoms with Gasteiger partial charge in [-0.2, -0.15) is 4.91 Å². The molecule has 0 aliphatic carbocycles. The van der Waals surface area contributed by atoms with E-state index in [-0.39, 0.29) is 0 Å². The molecular formula is C8H12N2O. The first-order chi connectivity index (χ1) is 5.30. The molecule has 1 aromatic carbocycles. The molecule has 0 aromatic heterocycles. The minimum atomic E-state index is 1.25. The van der Waals surface area contributed by atoms with Gasteiger partial charge < -0.3 is 4.90 Å². The summed E-state index contributed by atoms with van der Waals surface area (Å²) in [5.74, 6) is 0. The summed E-state index contributed by atoms with van der Waals surface area (Å²) in [6, 6.07) is 10.3. The Balaban J connectivity index is 0.000000461. The molecule has 0 atom stereocenters. The van der Waals surface area contributed by atoms with Gasteiger partial charge in [0.05, 0.1) is 0 Å². The SMILES string of the molecule is CN(C)c1ccccc1.N=O. The van der Waals surface area contributed by atoms with E-state index >= 15 is 0 Å². The van der Waals surface area contributed by atoms with Gasteiger partial charge in [0.25, 0.3) is 0 Å². The van der Waals surface area contributed by atoms with Crippen LogP contribution in [0.5, 0.6) is 0 Å². The lowest BCUT2D eigenvalue weighted by Crippen LogP contribution is -2.07. The first kappa shape index (κ1) is 9.62. The third kappa shape index (κ3) is 3.35. The average molecular weight is 152 g/mol. The highest BCUT2D eigenvalue weighted by Crippen LogP contribution is 2.07. The molecule has 60 valence electrons. The number of nitrogens with zero attached hydrogens (tertiary/aromatic N) is 1. The van der Waals surface area contributed by atoms with Crippen LogP contribution in [0.2, 0.25) is 0 Å². The number of benzene rings is 1. The number of hydrogen-bond acceptors (Lipinski definition) is 3. The van der Waals surface area contributed by atoms with Crippen LogP contribution < -0.4 is 4.90 Å². The van der Waals surface area contributed by atoms with Gasteiger partial charge in [-0.25, -0.2) is 0 Å². The van der Waals surface area contributed by atoms with Crippen molar-refractivity contribution in [2.24, 2.45) is 0 Å². The molecule has 1 aromatic rings. The molecule has 0 fully saturated rings. The van der Waals surface area contributed by atoms with E-state index in [2.05, 4.69) is 22.6 Å². The van der Waals surface area contributed by atoms with Gasteiger partial charge in [-0.15, -0.1) is 0 Å². The van der Waals surface area contributed by atoms with Crippen LogP contribution in [0, 0.1) is 10.5 Å². The monoisotopic (exact) mass is 152 g/mol. The molecular weight excluding hydrogens is 140 g/mol. The Labute approximate surface area is 66.4 Å². The van der Waals surface area contributed by atoms with Crippen molar-refractivity contribution in [2.45, 2.75) is 0 Å². The molecule has 0 aliphatic rings. The summed E-state index contributed by atoms with van der Waals surface area (Å²) >= 11 is 0. The van der Waals surface area contributed by atoms with Crippen molar-refractivity contribution < 1.29 is 0 Å². The van der Waals surface area contributed by atoms with Crippen LogP contribution in [-0.4, -0.2) is 14.1 Å². The highest BCUT2D eigenvalue weighted by molar-refractivity contribution is 5.43. The highest BCUT2D eigenvalue weighted by atomic mass is 16.2. The van der Waals surface area contributed by atoms with E-state index in [0.717, 1.165) is 0 Å². The lowest BCUT2D eigenvalue weighted by Gasteiger charge is -2.10. The van der Waals surface area contributed by atoms with E-state index in [9.17, 15) is 0 Å². The Morgan fingerprint density at radius 2 is 1.55 bits per heavy atom. The van der Waals surface area contributed by atoms with E-state index in [0.29, 0.717) is 0 Å². The number of anilines is 1. The van der Waals surface area contributed by atoms with Crippen LogP contribution in [0.4, 0.5) is 5.69 Å². The van der Waals surface area contributed by atoms with E-state index in [4.69, 9.17) is 4.91 Å². The fourth-order valence-electron chi connectivity index (χ4n) is 0.726. The smallest absolute Gasteiger partial charge is 0.0360 e. The number of para-hydroxylation sites is 1. The fraction of sp³-hybridized carbons (Fsp3) is 0.250. The van der Waals surface area contributed by atoms with Crippen molar-refractivity contribution in [3.05, 3.63) is 35.2 Å². The summed E-state index contributed by atoms with van der Waals surface area (Å²) in [4.78, 5) is 9.58. The Hall–Kier alpha value is -1.38. The minimum Gasteiger partial charge on any atom is -0.378 e. The van der Waals surface area contributed by atoms with Crippen molar-refractivity contribution in [1.82, 2.24) is 0 Å². The number of nitrogens with one attached hydrogen (secondary N) is 1. The number of nitroso groups, excluding NO2 is 1. The van der Waals surface area contributed by atoms with Gasteiger partial charge in [-0.1, -0.05) is 23.8 Å². The molecule has 1 N–H and O–H groups in total. The summed E-state index contributed by atoms with van der Waals surface area (Å²) in [7, 11) is 4.07. The van der Waals surface area contributed by atoms with E-state index in [1.807, 2.05) is 32.3 Å². The van der Waals surface area contributed by atoms with Gasteiger partial charge in [-0.05, 0) is 12.1 Å². The lowest BCUT2D eigenvalue weighted by molar-refractivity contribution is 1.13. The lowest BCUT2D eigenvalue weighted by atomic mass is 10.3. The van der Waals surface area contributed by atoms with Gasteiger partial charge in [-0.3, -0.25) is 0 Å². The summed E-state index contributed by atoms with van der Waals surface area (Å²) in [6.45, 7) is 0. The van der Waals surface area contributed by atoms with E-state index in [1.54, 1.807) is 0 Å². The average Bonchev–Trinajstić information content (AvgIpc) is 2.10. The first-order valence-corrected chi connectivity index (χ1v) is 3.23. The predicted octanol–water partition coefficient (Wildman–Crippen LogP) is 2.08. The maximum Gasteiger partial charge on any atom is 0.0360 e. The Morgan fingerprint density at radius 3 is 1.82 bits per heavy atom. The topological polar surface area (TPSA) is 44.2 Å². The number of hydrogen-bond donors (Lipinski definition) is 1. The molecule has 0 unspecified atom stereocenters. The van der Waals surface area contributed by atoms with Gasteiger partial charge in [0, 0.05) is 19.8 Å². The summed E-state index contributed by atoms with van der Waals surface area (Å²) in [5.41, 5.74) is 5.75. The standard InChI is InChI=1S/C8H11N.HNO/c1-9(2)8-6-4-3-5-7-8;1-2/h3-7H,1-2H3;1H. The summed E-state index contributed by atoms with van der Waals surface area (Å²) < 4.78 is 0. The van der Waals surface area contributed by atoms with E-state index < -0.39 is 0 Å². The second-order valence-corrected chi connectivity index (χ2v) is 2.23. The van der Waals surface area contributed by atoms with Crippen molar-refractivity contribution >= 4 is 5.69 Å². The van der Waals surface area contributed by atoms with Crippen LogP contribution >= 0.6 is 0 Å². The third-order valence-corrected chi connectivity index (χ3v) is 1.27. The molecule has 0 spiro atoms. The van der Waals surface area contributed by atoms with Crippen molar-refractivity contribution in [3.8, 4) is 0 Å². The number of rotatable bonds is 1. The molecule has 0 saturated carbocycles. The summed E-state index contributed by atoms with van der Waals surface area (Å²) in [6.07, 6.45) is 0. The molecule has 0 radical (unpaired) electrons. The quantitative estimate of drug-likeness (QED) is 0.626. The van der Waals surface area contributed by atoms with Crippen LogP contribution in [0.1, 0.15) is 0 Å². The molecule has 1 rings (SSSR count). The second-order valence-electron chi connectivity index (χ2n) is 2.23. The second kappa shape index (κ2) is 5.41. The molecule has 0 amide bonds. The van der Waals surface area contributed by atoms with Crippen molar-refractivity contribution in [3.63, 3.8) is 0 Å². The zero-order chi connectivity index (χ0) is 8.69. The zero-order valence-electron chi connectivity index (χ0n) is 6.74. The van der Waals surface area contributed by atoms with Crippen LogP contribution in [0.15, 0.2) is 30.3 Å². The van der Waals surface area contributed by atoms with Crippen LogP contribution in [-0.2, 0) is 0 Å². The van der Waals surface area contributed by atoms with Gasteiger partial charge in [0.1, 0.15) is 0 Å². The zero-order valence-corrected chi connectivity index (χ0v) is 6.74. The van der Waals surface area contributed by atoms with Crippen molar-refractivity contribution in [1.29, 1.82) is 5.59 Å². The molecule has 3 nitrogen and oxygen atoms in total. The maximum absolute atomic E-state index is 7.50. The third-order valence-electron chi connectivity index (χ3n) is 1.27. The molecule has 0 aliphatic heterocycles. The summed E-state index contributed by atoms with van der Waals surface area (Å²) in [5, 5.41) is 0. The van der Waals surface area contributed by atoms with Gasteiger partial charge in [0.2, 0.25) is 0 Å². The van der Waals surface area contributed by atoms with Gasteiger partial charge >= 0.3 is 0 Å². The predicted molar refractivity (Wildman–Crippen MR) is 46.9 cm³/mol. The van der Waals surface area contributed by atoms with E-state index in [1.165, 1.54) is 5.69 Å². The maximum atomic E-state index is 7.50. The molecule has 0 heterocycles. The fourth-order valence-corrected chi connectivity index (χ4v) is 0.726. The minimum absolute atomic E-state index is 1.25. The van der Waals surface area contributed by atoms with Crippen molar-refractivity contribution in [2.75, 3.05) is 19.0 Å². The first-order valence-electron chi connectivity index (χ1n) is 3.23. The molecule has 0 bridgehead atoms.